The molecule has 1 unspecified atom stereocenters. The van der Waals surface area contributed by atoms with Crippen LogP contribution in [0.1, 0.15) is 33.1 Å². The van der Waals surface area contributed by atoms with Crippen molar-refractivity contribution in [1.82, 2.24) is 0 Å². The minimum absolute atomic E-state index is 0.00589. The van der Waals surface area contributed by atoms with Crippen molar-refractivity contribution in [3.8, 4) is 0 Å². The van der Waals surface area contributed by atoms with Crippen LogP contribution in [0.15, 0.2) is 0 Å². The molecule has 0 saturated carbocycles. The topological polar surface area (TPSA) is 78.7 Å². The molecular formula is C9H17NO5. The van der Waals surface area contributed by atoms with Gasteiger partial charge in [0.15, 0.2) is 6.29 Å². The summed E-state index contributed by atoms with van der Waals surface area (Å²) < 4.78 is 5.33. The molecule has 0 spiro atoms. The molecule has 88 valence electrons. The van der Waals surface area contributed by atoms with Crippen LogP contribution in [0.5, 0.6) is 0 Å². The Kier molecular flexibility index (Phi) is 6.61. The highest BCUT2D eigenvalue weighted by atomic mass is 16.9. The number of carbonyl (C=O) groups excluding carboxylic acids is 1. The third kappa shape index (κ3) is 6.84. The van der Waals surface area contributed by atoms with Gasteiger partial charge in [-0.15, -0.1) is 10.1 Å². The van der Waals surface area contributed by atoms with Gasteiger partial charge in [0.05, 0.1) is 6.61 Å². The summed E-state index contributed by atoms with van der Waals surface area (Å²) in [4.78, 5) is 24.6. The number of aldehydes is 1. The van der Waals surface area contributed by atoms with Crippen LogP contribution in [0, 0.1) is 10.1 Å². The molecule has 1 atom stereocenters. The summed E-state index contributed by atoms with van der Waals surface area (Å²) in [5.74, 6) is 0. The summed E-state index contributed by atoms with van der Waals surface area (Å²) in [6, 6.07) is 0. The van der Waals surface area contributed by atoms with E-state index in [2.05, 4.69) is 4.84 Å². The van der Waals surface area contributed by atoms with E-state index in [-0.39, 0.29) is 13.2 Å². The second-order valence-electron chi connectivity index (χ2n) is 3.44. The van der Waals surface area contributed by atoms with Crippen molar-refractivity contribution in [3.05, 3.63) is 10.1 Å². The lowest BCUT2D eigenvalue weighted by Gasteiger charge is -2.22. The summed E-state index contributed by atoms with van der Waals surface area (Å²) >= 11 is 0. The first-order valence-corrected chi connectivity index (χ1v) is 4.91. The predicted molar refractivity (Wildman–Crippen MR) is 52.9 cm³/mol. The van der Waals surface area contributed by atoms with E-state index in [0.717, 1.165) is 12.7 Å². The maximum Gasteiger partial charge on any atom is 0.294 e. The maximum absolute atomic E-state index is 10.7. The van der Waals surface area contributed by atoms with Crippen LogP contribution >= 0.6 is 0 Å². The zero-order valence-corrected chi connectivity index (χ0v) is 9.10. The Hall–Kier alpha value is -1.17. The fourth-order valence-corrected chi connectivity index (χ4v) is 1.16. The van der Waals surface area contributed by atoms with Crippen LogP contribution in [0.25, 0.3) is 0 Å². The second-order valence-corrected chi connectivity index (χ2v) is 3.44. The number of rotatable bonds is 9. The number of hydrogen-bond donors (Lipinski definition) is 0. The molecule has 0 amide bonds. The van der Waals surface area contributed by atoms with Gasteiger partial charge in [0.1, 0.15) is 5.60 Å². The Morgan fingerprint density at radius 3 is 2.60 bits per heavy atom. The van der Waals surface area contributed by atoms with Gasteiger partial charge in [0.2, 0.25) is 0 Å². The fraction of sp³-hybridized carbons (Fsp3) is 0.889. The first-order valence-electron chi connectivity index (χ1n) is 4.91. The third-order valence-corrected chi connectivity index (χ3v) is 1.91. The average molecular weight is 219 g/mol. The van der Waals surface area contributed by atoms with Gasteiger partial charge in [-0.25, -0.2) is 0 Å². The van der Waals surface area contributed by atoms with Crippen molar-refractivity contribution in [1.29, 1.82) is 0 Å². The molecule has 0 bridgehead atoms. The van der Waals surface area contributed by atoms with Crippen LogP contribution in [0.2, 0.25) is 0 Å². The molecule has 0 heterocycles. The molecule has 0 aliphatic heterocycles. The van der Waals surface area contributed by atoms with Gasteiger partial charge in [-0.05, 0) is 19.8 Å². The van der Waals surface area contributed by atoms with Crippen LogP contribution in [0.3, 0.4) is 0 Å². The molecule has 0 fully saturated rings. The van der Waals surface area contributed by atoms with Crippen LogP contribution in [-0.2, 0) is 14.4 Å². The highest BCUT2D eigenvalue weighted by molar-refractivity contribution is 5.61. The summed E-state index contributed by atoms with van der Waals surface area (Å²) in [6.07, 6.45) is 2.66. The molecule has 15 heavy (non-hydrogen) atoms. The maximum atomic E-state index is 10.7. The lowest BCUT2D eigenvalue weighted by molar-refractivity contribution is -0.757. The number of carbonyl (C=O) groups is 1. The van der Waals surface area contributed by atoms with Gasteiger partial charge in [0.25, 0.3) is 5.09 Å². The summed E-state index contributed by atoms with van der Waals surface area (Å²) in [5, 5.41) is 8.96. The number of ether oxygens (including phenoxy) is 1. The Morgan fingerprint density at radius 2 is 2.13 bits per heavy atom. The monoisotopic (exact) mass is 219 g/mol. The summed E-state index contributed by atoms with van der Waals surface area (Å²) in [6.45, 7) is 3.94. The molecule has 6 nitrogen and oxygen atoms in total. The minimum Gasteiger partial charge on any atom is -0.368 e. The van der Waals surface area contributed by atoms with Gasteiger partial charge >= 0.3 is 0 Å². The van der Waals surface area contributed by atoms with E-state index < -0.39 is 10.7 Å². The van der Waals surface area contributed by atoms with E-state index in [4.69, 9.17) is 4.74 Å². The van der Waals surface area contributed by atoms with E-state index in [1.165, 1.54) is 0 Å². The summed E-state index contributed by atoms with van der Waals surface area (Å²) in [5.41, 5.74) is -0.774. The molecule has 0 rings (SSSR count). The first kappa shape index (κ1) is 13.8. The van der Waals surface area contributed by atoms with Gasteiger partial charge < -0.3 is 14.4 Å². The lowest BCUT2D eigenvalue weighted by atomic mass is 10.0. The van der Waals surface area contributed by atoms with Gasteiger partial charge in [-0.1, -0.05) is 13.3 Å². The van der Waals surface area contributed by atoms with Crippen molar-refractivity contribution in [2.45, 2.75) is 38.7 Å². The third-order valence-electron chi connectivity index (χ3n) is 1.91. The first-order chi connectivity index (χ1) is 7.04. The number of hydrogen-bond acceptors (Lipinski definition) is 5. The molecule has 0 N–H and O–H groups in total. The molecule has 0 saturated heterocycles. The normalized spacial score (nSPS) is 14.3. The van der Waals surface area contributed by atoms with E-state index in [1.807, 2.05) is 6.92 Å². The SMILES string of the molecule is CCCC(C)(C=O)OCCCO[N+](=O)[O-]. The quantitative estimate of drug-likeness (QED) is 0.253. The van der Waals surface area contributed by atoms with Gasteiger partial charge in [-0.3, -0.25) is 0 Å². The average Bonchev–Trinajstić information content (AvgIpc) is 2.17. The minimum atomic E-state index is -0.842. The van der Waals surface area contributed by atoms with Crippen molar-refractivity contribution in [3.63, 3.8) is 0 Å². The Balaban J connectivity index is 3.63. The zero-order valence-electron chi connectivity index (χ0n) is 9.10. The molecule has 0 aliphatic carbocycles. The summed E-state index contributed by atoms with van der Waals surface area (Å²) in [7, 11) is 0. The van der Waals surface area contributed by atoms with E-state index in [9.17, 15) is 14.9 Å². The largest absolute Gasteiger partial charge is 0.368 e. The van der Waals surface area contributed by atoms with Gasteiger partial charge in [-0.2, -0.15) is 0 Å². The van der Waals surface area contributed by atoms with Crippen molar-refractivity contribution in [2.75, 3.05) is 13.2 Å². The molecule has 0 aromatic heterocycles. The standard InChI is InChI=1S/C9H17NO5/c1-3-5-9(2,8-11)14-6-4-7-15-10(12)13/h8H,3-7H2,1-2H3. The van der Waals surface area contributed by atoms with E-state index in [1.54, 1.807) is 6.92 Å². The molecular weight excluding hydrogens is 202 g/mol. The molecule has 6 heteroatoms. The Bertz CT molecular complexity index is 209. The van der Waals surface area contributed by atoms with E-state index in [0.29, 0.717) is 12.8 Å². The van der Waals surface area contributed by atoms with Crippen molar-refractivity contribution >= 4 is 6.29 Å². The zero-order chi connectivity index (χ0) is 11.7. The predicted octanol–water partition coefficient (Wildman–Crippen LogP) is 1.36. The molecule has 0 radical (unpaired) electrons. The smallest absolute Gasteiger partial charge is 0.294 e. The Labute approximate surface area is 88.7 Å². The highest BCUT2D eigenvalue weighted by Crippen LogP contribution is 2.14. The number of nitrogens with zero attached hydrogens (tertiary/aromatic N) is 1. The van der Waals surface area contributed by atoms with Gasteiger partial charge in [0, 0.05) is 6.61 Å². The van der Waals surface area contributed by atoms with Crippen molar-refractivity contribution < 1.29 is 19.5 Å². The highest BCUT2D eigenvalue weighted by Gasteiger charge is 2.22. The fourth-order valence-electron chi connectivity index (χ4n) is 1.16. The van der Waals surface area contributed by atoms with Crippen molar-refractivity contribution in [2.24, 2.45) is 0 Å². The van der Waals surface area contributed by atoms with Crippen LogP contribution in [0.4, 0.5) is 0 Å². The molecule has 0 aromatic rings. The lowest BCUT2D eigenvalue weighted by Crippen LogP contribution is -2.31. The molecule has 0 aromatic carbocycles. The van der Waals surface area contributed by atoms with Crippen LogP contribution < -0.4 is 0 Å². The van der Waals surface area contributed by atoms with E-state index >= 15 is 0 Å². The molecule has 0 aliphatic rings. The van der Waals surface area contributed by atoms with Crippen LogP contribution in [-0.4, -0.2) is 30.2 Å². The Morgan fingerprint density at radius 1 is 1.47 bits per heavy atom. The second kappa shape index (κ2) is 7.17.